The fraction of sp³-hybridized carbons (Fsp3) is 0.320. The number of nitrogens with one attached hydrogen (secondary N) is 2. The minimum Gasteiger partial charge on any atom is -0.361 e. The highest BCUT2D eigenvalue weighted by Crippen LogP contribution is 2.42. The summed E-state index contributed by atoms with van der Waals surface area (Å²) in [7, 11) is 0. The number of aryl methyl sites for hydroxylation is 2. The van der Waals surface area contributed by atoms with Gasteiger partial charge in [-0.15, -0.1) is 5.10 Å². The number of carbonyl (C=O) groups is 1. The number of nitrogens with zero attached hydrogens (tertiary/aromatic N) is 3. The monoisotopic (exact) mass is 413 g/mol. The van der Waals surface area contributed by atoms with Gasteiger partial charge >= 0.3 is 0 Å². The molecule has 31 heavy (non-hydrogen) atoms. The molecule has 2 N–H and O–H groups in total. The first-order chi connectivity index (χ1) is 15.2. The van der Waals surface area contributed by atoms with Crippen LogP contribution < -0.4 is 5.32 Å². The van der Waals surface area contributed by atoms with Crippen LogP contribution in [0.3, 0.4) is 0 Å². The smallest absolute Gasteiger partial charge is 0.273 e. The Morgan fingerprint density at radius 1 is 1.16 bits per heavy atom. The molecule has 0 spiro atoms. The first-order valence-corrected chi connectivity index (χ1v) is 11.0. The predicted molar refractivity (Wildman–Crippen MR) is 122 cm³/mol. The zero-order valence-electron chi connectivity index (χ0n) is 18.0. The van der Waals surface area contributed by atoms with Gasteiger partial charge in [0.25, 0.3) is 5.91 Å². The average Bonchev–Trinajstić information content (AvgIpc) is 3.39. The number of rotatable bonds is 7. The summed E-state index contributed by atoms with van der Waals surface area (Å²) in [6.45, 7) is 4.78. The molecule has 5 rings (SSSR count). The lowest BCUT2D eigenvalue weighted by atomic mass is 10.1. The summed E-state index contributed by atoms with van der Waals surface area (Å²) in [5.74, 6) is 0.215. The van der Waals surface area contributed by atoms with E-state index >= 15 is 0 Å². The minimum absolute atomic E-state index is 0.144. The number of H-pyrrole nitrogens is 1. The van der Waals surface area contributed by atoms with Gasteiger partial charge in [0.1, 0.15) is 0 Å². The van der Waals surface area contributed by atoms with Gasteiger partial charge in [-0.05, 0) is 55.9 Å². The summed E-state index contributed by atoms with van der Waals surface area (Å²) in [5, 5.41) is 12.9. The van der Waals surface area contributed by atoms with Crippen molar-refractivity contribution in [2.45, 2.75) is 45.4 Å². The van der Waals surface area contributed by atoms with Crippen LogP contribution in [-0.4, -0.2) is 32.4 Å². The molecule has 158 valence electrons. The molecule has 0 saturated heterocycles. The molecule has 1 aliphatic carbocycles. The Labute approximate surface area is 181 Å². The van der Waals surface area contributed by atoms with Gasteiger partial charge in [-0.25, -0.2) is 4.68 Å². The Kier molecular flexibility index (Phi) is 5.06. The lowest BCUT2D eigenvalue weighted by Crippen LogP contribution is -2.27. The van der Waals surface area contributed by atoms with Crippen LogP contribution in [0.5, 0.6) is 0 Å². The largest absolute Gasteiger partial charge is 0.361 e. The van der Waals surface area contributed by atoms with E-state index in [1.54, 1.807) is 0 Å². The van der Waals surface area contributed by atoms with Gasteiger partial charge in [0, 0.05) is 29.6 Å². The number of aromatic amines is 1. The third kappa shape index (κ3) is 3.74. The Bertz CT molecular complexity index is 1230. The molecule has 2 aromatic heterocycles. The molecule has 1 amide bonds. The first-order valence-electron chi connectivity index (χ1n) is 11.0. The summed E-state index contributed by atoms with van der Waals surface area (Å²) >= 11 is 0. The molecule has 0 radical (unpaired) electrons. The third-order valence-electron chi connectivity index (χ3n) is 6.11. The van der Waals surface area contributed by atoms with Gasteiger partial charge in [-0.3, -0.25) is 4.79 Å². The van der Waals surface area contributed by atoms with Crippen LogP contribution >= 0.6 is 0 Å². The summed E-state index contributed by atoms with van der Waals surface area (Å²) < 4.78 is 1.83. The van der Waals surface area contributed by atoms with Crippen molar-refractivity contribution in [2.24, 2.45) is 0 Å². The van der Waals surface area contributed by atoms with Gasteiger partial charge in [0.2, 0.25) is 0 Å². The molecule has 6 nitrogen and oxygen atoms in total. The summed E-state index contributed by atoms with van der Waals surface area (Å²) in [6.07, 6.45) is 5.97. The standard InChI is InChI=1S/C25H27N5O/c1-3-17-5-4-6-21-19(15-27-22(17)21)13-14-26-25(31)23-24(18-9-10-18)30(29-28-23)20-11-7-16(2)8-12-20/h4-8,11-12,15,18,27H,3,9-10,13-14H2,1-2H3,(H,26,31). The zero-order valence-corrected chi connectivity index (χ0v) is 18.0. The average molecular weight is 414 g/mol. The predicted octanol–water partition coefficient (Wildman–Crippen LogP) is 4.47. The van der Waals surface area contributed by atoms with E-state index in [0.717, 1.165) is 37.1 Å². The molecular formula is C25H27N5O. The van der Waals surface area contributed by atoms with E-state index < -0.39 is 0 Å². The molecule has 0 aliphatic heterocycles. The Morgan fingerprint density at radius 2 is 1.97 bits per heavy atom. The van der Waals surface area contributed by atoms with Crippen molar-refractivity contribution in [3.8, 4) is 5.69 Å². The van der Waals surface area contributed by atoms with Crippen LogP contribution in [0, 0.1) is 6.92 Å². The molecule has 4 aromatic rings. The summed E-state index contributed by atoms with van der Waals surface area (Å²) in [6, 6.07) is 14.6. The van der Waals surface area contributed by atoms with Crippen molar-refractivity contribution >= 4 is 16.8 Å². The topological polar surface area (TPSA) is 75.6 Å². The van der Waals surface area contributed by atoms with Crippen molar-refractivity contribution in [1.29, 1.82) is 0 Å². The van der Waals surface area contributed by atoms with Crippen LogP contribution in [0.1, 0.15) is 58.6 Å². The third-order valence-corrected chi connectivity index (χ3v) is 6.11. The van der Waals surface area contributed by atoms with Gasteiger partial charge in [0.05, 0.1) is 11.4 Å². The minimum atomic E-state index is -0.144. The summed E-state index contributed by atoms with van der Waals surface area (Å²) in [5.41, 5.74) is 7.26. The first kappa shape index (κ1) is 19.5. The van der Waals surface area contributed by atoms with Gasteiger partial charge < -0.3 is 10.3 Å². The van der Waals surface area contributed by atoms with E-state index in [1.165, 1.54) is 27.6 Å². The van der Waals surface area contributed by atoms with Gasteiger partial charge in [0.15, 0.2) is 5.69 Å². The van der Waals surface area contributed by atoms with Crippen LogP contribution in [0.25, 0.3) is 16.6 Å². The number of para-hydroxylation sites is 1. The van der Waals surface area contributed by atoms with Crippen LogP contribution in [0.4, 0.5) is 0 Å². The van der Waals surface area contributed by atoms with Gasteiger partial charge in [-0.2, -0.15) is 0 Å². The highest BCUT2D eigenvalue weighted by molar-refractivity contribution is 5.93. The lowest BCUT2D eigenvalue weighted by molar-refractivity contribution is 0.0948. The number of hydrogen-bond donors (Lipinski definition) is 2. The highest BCUT2D eigenvalue weighted by atomic mass is 16.2. The second kappa shape index (κ2) is 8.02. The van der Waals surface area contributed by atoms with E-state index in [-0.39, 0.29) is 5.91 Å². The van der Waals surface area contributed by atoms with Crippen LogP contribution in [0.2, 0.25) is 0 Å². The van der Waals surface area contributed by atoms with Crippen molar-refractivity contribution < 1.29 is 4.79 Å². The number of fused-ring (bicyclic) bond motifs is 1. The zero-order chi connectivity index (χ0) is 21.4. The van der Waals surface area contributed by atoms with Crippen molar-refractivity contribution in [2.75, 3.05) is 6.54 Å². The maximum Gasteiger partial charge on any atom is 0.273 e. The van der Waals surface area contributed by atoms with Crippen molar-refractivity contribution in [1.82, 2.24) is 25.3 Å². The van der Waals surface area contributed by atoms with Crippen molar-refractivity contribution in [3.63, 3.8) is 0 Å². The van der Waals surface area contributed by atoms with Crippen molar-refractivity contribution in [3.05, 3.63) is 76.7 Å². The quantitative estimate of drug-likeness (QED) is 0.469. The summed E-state index contributed by atoms with van der Waals surface area (Å²) in [4.78, 5) is 16.4. The normalized spacial score (nSPS) is 13.6. The van der Waals surface area contributed by atoms with E-state index in [0.29, 0.717) is 18.2 Å². The number of carbonyl (C=O) groups excluding carboxylic acids is 1. The number of aromatic nitrogens is 4. The van der Waals surface area contributed by atoms with E-state index in [9.17, 15) is 4.79 Å². The second-order valence-electron chi connectivity index (χ2n) is 8.36. The molecule has 2 aromatic carbocycles. The molecule has 2 heterocycles. The molecule has 1 aliphatic rings. The van der Waals surface area contributed by atoms with Gasteiger partial charge in [-0.1, -0.05) is 48.0 Å². The fourth-order valence-electron chi connectivity index (χ4n) is 4.22. The molecule has 0 atom stereocenters. The molecule has 1 saturated carbocycles. The van der Waals surface area contributed by atoms with Crippen LogP contribution in [0.15, 0.2) is 48.7 Å². The molecule has 0 unspecified atom stereocenters. The maximum absolute atomic E-state index is 13.0. The molecule has 1 fully saturated rings. The molecule has 0 bridgehead atoms. The Balaban J connectivity index is 1.32. The van der Waals surface area contributed by atoms with E-state index in [1.807, 2.05) is 16.8 Å². The highest BCUT2D eigenvalue weighted by Gasteiger charge is 2.34. The Hall–Kier alpha value is -3.41. The maximum atomic E-state index is 13.0. The van der Waals surface area contributed by atoms with E-state index in [4.69, 9.17) is 0 Å². The fourth-order valence-corrected chi connectivity index (χ4v) is 4.22. The Morgan fingerprint density at radius 3 is 2.71 bits per heavy atom. The second-order valence-corrected chi connectivity index (χ2v) is 8.36. The molecule has 6 heteroatoms. The van der Waals surface area contributed by atoms with Crippen LogP contribution in [-0.2, 0) is 12.8 Å². The molecular weight excluding hydrogens is 386 g/mol. The SMILES string of the molecule is CCc1cccc2c(CCNC(=O)c3nnn(-c4ccc(C)cc4)c3C3CC3)c[nH]c12. The van der Waals surface area contributed by atoms with E-state index in [2.05, 4.69) is 71.0 Å². The number of benzene rings is 2. The lowest BCUT2D eigenvalue weighted by Gasteiger charge is -2.08. The number of amides is 1. The number of hydrogen-bond acceptors (Lipinski definition) is 3.